The summed E-state index contributed by atoms with van der Waals surface area (Å²) in [5.74, 6) is -1.57. The SMILES string of the molecule is O=C(OCCN1C(=O)c2ccccc2C1=O)c1ccc(=O)n(Cc2ccccc2)n1. The number of hydrogen-bond acceptors (Lipinski definition) is 6. The number of ether oxygens (including phenoxy) is 1. The molecule has 0 atom stereocenters. The van der Waals surface area contributed by atoms with Gasteiger partial charge in [-0.2, -0.15) is 5.10 Å². The van der Waals surface area contributed by atoms with Crippen molar-refractivity contribution >= 4 is 17.8 Å². The van der Waals surface area contributed by atoms with Crippen LogP contribution < -0.4 is 5.56 Å². The summed E-state index contributed by atoms with van der Waals surface area (Å²) in [4.78, 5) is 50.0. The van der Waals surface area contributed by atoms with Crippen LogP contribution in [0.4, 0.5) is 0 Å². The number of nitrogens with zero attached hydrogens (tertiary/aromatic N) is 3. The minimum absolute atomic E-state index is 0.0344. The molecule has 1 aliphatic rings. The minimum Gasteiger partial charge on any atom is -0.459 e. The maximum atomic E-state index is 12.3. The van der Waals surface area contributed by atoms with E-state index in [1.807, 2.05) is 30.3 Å². The van der Waals surface area contributed by atoms with E-state index in [1.54, 1.807) is 24.3 Å². The Hall–Kier alpha value is -4.07. The van der Waals surface area contributed by atoms with Gasteiger partial charge in [0.25, 0.3) is 17.4 Å². The molecule has 0 fully saturated rings. The molecule has 2 heterocycles. The fourth-order valence-electron chi connectivity index (χ4n) is 3.17. The molecular weight excluding hydrogens is 386 g/mol. The molecule has 3 aromatic rings. The van der Waals surface area contributed by atoms with Gasteiger partial charge in [0.15, 0.2) is 5.69 Å². The second-order valence-electron chi connectivity index (χ2n) is 6.64. The van der Waals surface area contributed by atoms with Crippen molar-refractivity contribution in [2.45, 2.75) is 6.54 Å². The number of rotatable bonds is 6. The van der Waals surface area contributed by atoms with Crippen LogP contribution in [0.5, 0.6) is 0 Å². The van der Waals surface area contributed by atoms with Gasteiger partial charge in [0.2, 0.25) is 0 Å². The molecule has 0 spiro atoms. The fraction of sp³-hybridized carbons (Fsp3) is 0.136. The maximum absolute atomic E-state index is 12.3. The average molecular weight is 403 g/mol. The summed E-state index contributed by atoms with van der Waals surface area (Å²) in [6.45, 7) is -0.0264. The highest BCUT2D eigenvalue weighted by molar-refractivity contribution is 6.21. The standard InChI is InChI=1S/C22H17N3O5/c26-19-11-10-18(23-25(19)14-15-6-2-1-3-7-15)22(29)30-13-12-24-20(27)16-8-4-5-9-17(16)21(24)28/h1-11H,12-14H2. The van der Waals surface area contributed by atoms with Crippen LogP contribution in [-0.2, 0) is 11.3 Å². The highest BCUT2D eigenvalue weighted by Crippen LogP contribution is 2.21. The molecule has 30 heavy (non-hydrogen) atoms. The second kappa shape index (κ2) is 8.12. The van der Waals surface area contributed by atoms with E-state index < -0.39 is 17.8 Å². The van der Waals surface area contributed by atoms with Crippen molar-refractivity contribution in [3.8, 4) is 0 Å². The van der Waals surface area contributed by atoms with E-state index in [1.165, 1.54) is 16.8 Å². The Morgan fingerprint density at radius 3 is 2.13 bits per heavy atom. The summed E-state index contributed by atoms with van der Waals surface area (Å²) >= 11 is 0. The van der Waals surface area contributed by atoms with Crippen LogP contribution in [-0.4, -0.2) is 45.6 Å². The fourth-order valence-corrected chi connectivity index (χ4v) is 3.17. The molecule has 1 aliphatic heterocycles. The number of aromatic nitrogens is 2. The molecule has 4 rings (SSSR count). The van der Waals surface area contributed by atoms with Gasteiger partial charge in [-0.25, -0.2) is 9.48 Å². The third-order valence-electron chi connectivity index (χ3n) is 4.68. The first-order valence-electron chi connectivity index (χ1n) is 9.29. The molecule has 8 nitrogen and oxygen atoms in total. The number of esters is 1. The number of carbonyl (C=O) groups is 3. The van der Waals surface area contributed by atoms with E-state index in [-0.39, 0.29) is 30.9 Å². The first kappa shape index (κ1) is 19.3. The number of hydrogen-bond donors (Lipinski definition) is 0. The normalized spacial score (nSPS) is 12.7. The Labute approximate surface area is 171 Å². The van der Waals surface area contributed by atoms with E-state index >= 15 is 0 Å². The van der Waals surface area contributed by atoms with Gasteiger partial charge in [-0.05, 0) is 23.8 Å². The summed E-state index contributed by atoms with van der Waals surface area (Å²) in [5.41, 5.74) is 1.16. The first-order valence-corrected chi connectivity index (χ1v) is 9.29. The van der Waals surface area contributed by atoms with E-state index in [4.69, 9.17) is 4.74 Å². The molecule has 0 saturated heterocycles. The molecule has 0 bridgehead atoms. The van der Waals surface area contributed by atoms with Gasteiger partial charge >= 0.3 is 5.97 Å². The monoisotopic (exact) mass is 403 g/mol. The second-order valence-corrected chi connectivity index (χ2v) is 6.64. The summed E-state index contributed by atoms with van der Waals surface area (Å²) in [6.07, 6.45) is 0. The minimum atomic E-state index is -0.742. The number of benzene rings is 2. The Kier molecular flexibility index (Phi) is 5.21. The average Bonchev–Trinajstić information content (AvgIpc) is 3.01. The zero-order valence-electron chi connectivity index (χ0n) is 15.9. The van der Waals surface area contributed by atoms with Gasteiger partial charge in [-0.3, -0.25) is 19.3 Å². The Bertz CT molecular complexity index is 1150. The van der Waals surface area contributed by atoms with Crippen molar-refractivity contribution in [1.82, 2.24) is 14.7 Å². The van der Waals surface area contributed by atoms with Crippen molar-refractivity contribution in [2.24, 2.45) is 0 Å². The number of fused-ring (bicyclic) bond motifs is 1. The first-order chi connectivity index (χ1) is 14.5. The highest BCUT2D eigenvalue weighted by atomic mass is 16.5. The third kappa shape index (κ3) is 3.75. The van der Waals surface area contributed by atoms with Crippen molar-refractivity contribution in [1.29, 1.82) is 0 Å². The maximum Gasteiger partial charge on any atom is 0.358 e. The van der Waals surface area contributed by atoms with E-state index in [0.29, 0.717) is 11.1 Å². The Morgan fingerprint density at radius 2 is 1.47 bits per heavy atom. The highest BCUT2D eigenvalue weighted by Gasteiger charge is 2.34. The number of imide groups is 1. The Balaban J connectivity index is 1.39. The number of carbonyl (C=O) groups excluding carboxylic acids is 3. The smallest absolute Gasteiger partial charge is 0.358 e. The zero-order chi connectivity index (χ0) is 21.1. The van der Waals surface area contributed by atoms with E-state index in [0.717, 1.165) is 10.5 Å². The van der Waals surface area contributed by atoms with E-state index in [9.17, 15) is 19.2 Å². The Morgan fingerprint density at radius 1 is 0.833 bits per heavy atom. The van der Waals surface area contributed by atoms with Gasteiger partial charge < -0.3 is 4.74 Å². The lowest BCUT2D eigenvalue weighted by molar-refractivity contribution is 0.0413. The predicted molar refractivity (Wildman–Crippen MR) is 106 cm³/mol. The van der Waals surface area contributed by atoms with Crippen LogP contribution >= 0.6 is 0 Å². The van der Waals surface area contributed by atoms with Gasteiger partial charge in [0.05, 0.1) is 24.2 Å². The van der Waals surface area contributed by atoms with Gasteiger partial charge in [0.1, 0.15) is 6.61 Å². The quantitative estimate of drug-likeness (QED) is 0.459. The molecule has 0 unspecified atom stereocenters. The molecule has 2 aromatic carbocycles. The van der Waals surface area contributed by atoms with Crippen LogP contribution in [0.15, 0.2) is 71.5 Å². The third-order valence-corrected chi connectivity index (χ3v) is 4.68. The van der Waals surface area contributed by atoms with Crippen LogP contribution in [0.2, 0.25) is 0 Å². The van der Waals surface area contributed by atoms with Crippen LogP contribution in [0.3, 0.4) is 0 Å². The summed E-state index contributed by atoms with van der Waals surface area (Å²) in [5, 5.41) is 4.06. The number of amides is 2. The van der Waals surface area contributed by atoms with Crippen LogP contribution in [0, 0.1) is 0 Å². The summed E-state index contributed by atoms with van der Waals surface area (Å²) < 4.78 is 6.34. The summed E-state index contributed by atoms with van der Waals surface area (Å²) in [7, 11) is 0. The van der Waals surface area contributed by atoms with Gasteiger partial charge in [0, 0.05) is 6.07 Å². The molecule has 2 amide bonds. The lowest BCUT2D eigenvalue weighted by atomic mass is 10.1. The predicted octanol–water partition coefficient (Wildman–Crippen LogP) is 1.74. The lowest BCUT2D eigenvalue weighted by Gasteiger charge is -2.13. The van der Waals surface area contributed by atoms with Crippen molar-refractivity contribution < 1.29 is 19.1 Å². The van der Waals surface area contributed by atoms with Crippen molar-refractivity contribution in [2.75, 3.05) is 13.2 Å². The molecule has 150 valence electrons. The van der Waals surface area contributed by atoms with Crippen molar-refractivity contribution in [3.63, 3.8) is 0 Å². The van der Waals surface area contributed by atoms with Gasteiger partial charge in [-0.1, -0.05) is 42.5 Å². The molecular formula is C22H17N3O5. The van der Waals surface area contributed by atoms with E-state index in [2.05, 4.69) is 5.10 Å². The lowest BCUT2D eigenvalue weighted by Crippen LogP contribution is -2.33. The molecule has 8 heteroatoms. The molecule has 1 aromatic heterocycles. The molecule has 0 radical (unpaired) electrons. The largest absolute Gasteiger partial charge is 0.459 e. The molecule has 0 saturated carbocycles. The van der Waals surface area contributed by atoms with Crippen LogP contribution in [0.1, 0.15) is 36.8 Å². The topological polar surface area (TPSA) is 98.6 Å². The van der Waals surface area contributed by atoms with Crippen LogP contribution in [0.25, 0.3) is 0 Å². The zero-order valence-corrected chi connectivity index (χ0v) is 15.9. The molecule has 0 aliphatic carbocycles. The van der Waals surface area contributed by atoms with Gasteiger partial charge in [-0.15, -0.1) is 0 Å². The molecule has 0 N–H and O–H groups in total. The summed E-state index contributed by atoms with van der Waals surface area (Å²) in [6, 6.07) is 18.3. The van der Waals surface area contributed by atoms with Crippen molar-refractivity contribution in [3.05, 3.63) is 99.5 Å².